The lowest BCUT2D eigenvalue weighted by molar-refractivity contribution is 0.195. The molecular weight excluding hydrogens is 228 g/mol. The molecule has 0 amide bonds. The Labute approximate surface area is 112 Å². The van der Waals surface area contributed by atoms with Crippen LogP contribution < -0.4 is 10.6 Å². The Morgan fingerprint density at radius 1 is 1.33 bits per heavy atom. The van der Waals surface area contributed by atoms with Crippen molar-refractivity contribution in [1.29, 1.82) is 0 Å². The molecule has 5 heteroatoms. The summed E-state index contributed by atoms with van der Waals surface area (Å²) in [6.45, 7) is 8.05. The zero-order valence-corrected chi connectivity index (χ0v) is 12.6. The molecule has 0 spiro atoms. The Hall–Kier alpha value is -0.810. The van der Waals surface area contributed by atoms with Crippen LogP contribution in [0.25, 0.3) is 0 Å². The Morgan fingerprint density at radius 2 is 2.00 bits per heavy atom. The second-order valence-corrected chi connectivity index (χ2v) is 4.51. The monoisotopic (exact) mass is 258 g/mol. The molecule has 0 radical (unpaired) electrons. The number of likely N-dealkylation sites (N-methyl/N-ethyl adjacent to an activating group) is 1. The van der Waals surface area contributed by atoms with Gasteiger partial charge in [-0.3, -0.25) is 4.99 Å². The van der Waals surface area contributed by atoms with Crippen LogP contribution >= 0.6 is 0 Å². The Kier molecular flexibility index (Phi) is 10.8. The lowest BCUT2D eigenvalue weighted by Crippen LogP contribution is -2.42. The van der Waals surface area contributed by atoms with Gasteiger partial charge in [0, 0.05) is 46.4 Å². The highest BCUT2D eigenvalue weighted by atomic mass is 16.5. The summed E-state index contributed by atoms with van der Waals surface area (Å²) in [5, 5.41) is 6.57. The van der Waals surface area contributed by atoms with E-state index in [0.717, 1.165) is 38.6 Å². The zero-order valence-electron chi connectivity index (χ0n) is 12.6. The summed E-state index contributed by atoms with van der Waals surface area (Å²) in [6, 6.07) is 0.628. The first-order valence-electron chi connectivity index (χ1n) is 6.79. The Balaban J connectivity index is 3.68. The largest absolute Gasteiger partial charge is 0.385 e. The smallest absolute Gasteiger partial charge is 0.191 e. The van der Waals surface area contributed by atoms with E-state index in [-0.39, 0.29) is 0 Å². The van der Waals surface area contributed by atoms with E-state index < -0.39 is 0 Å². The third-order valence-corrected chi connectivity index (χ3v) is 3.14. The summed E-state index contributed by atoms with van der Waals surface area (Å²) < 4.78 is 5.00. The van der Waals surface area contributed by atoms with Gasteiger partial charge in [-0.05, 0) is 26.8 Å². The van der Waals surface area contributed by atoms with Gasteiger partial charge in [0.05, 0.1) is 0 Å². The van der Waals surface area contributed by atoms with E-state index in [1.54, 1.807) is 14.2 Å². The molecule has 0 aliphatic carbocycles. The van der Waals surface area contributed by atoms with Crippen molar-refractivity contribution < 1.29 is 4.74 Å². The van der Waals surface area contributed by atoms with E-state index in [0.29, 0.717) is 6.04 Å². The van der Waals surface area contributed by atoms with Crippen molar-refractivity contribution >= 4 is 5.96 Å². The Bertz CT molecular complexity index is 221. The molecule has 0 heterocycles. The van der Waals surface area contributed by atoms with Crippen molar-refractivity contribution in [3.05, 3.63) is 0 Å². The molecule has 0 aliphatic heterocycles. The van der Waals surface area contributed by atoms with Crippen LogP contribution in [0.4, 0.5) is 0 Å². The molecule has 108 valence electrons. The number of nitrogens with one attached hydrogen (secondary N) is 2. The number of ether oxygens (including phenoxy) is 1. The van der Waals surface area contributed by atoms with Crippen LogP contribution in [0.5, 0.6) is 0 Å². The van der Waals surface area contributed by atoms with Crippen LogP contribution in [-0.4, -0.2) is 64.3 Å². The van der Waals surface area contributed by atoms with Gasteiger partial charge in [-0.25, -0.2) is 0 Å². The molecule has 5 nitrogen and oxygen atoms in total. The first-order valence-corrected chi connectivity index (χ1v) is 6.79. The first-order chi connectivity index (χ1) is 8.65. The maximum Gasteiger partial charge on any atom is 0.191 e. The van der Waals surface area contributed by atoms with E-state index in [2.05, 4.69) is 41.4 Å². The summed E-state index contributed by atoms with van der Waals surface area (Å²) in [5.41, 5.74) is 0. The van der Waals surface area contributed by atoms with E-state index >= 15 is 0 Å². The number of hydrogen-bond donors (Lipinski definition) is 2. The van der Waals surface area contributed by atoms with Gasteiger partial charge in [0.15, 0.2) is 5.96 Å². The fraction of sp³-hybridized carbons (Fsp3) is 0.923. The third kappa shape index (κ3) is 8.31. The standard InChI is InChI=1S/C13H30N4O/c1-6-12(2)17(4)10-9-16-13(14-3)15-8-7-11-18-5/h12H,6-11H2,1-5H3,(H2,14,15,16). The van der Waals surface area contributed by atoms with Gasteiger partial charge >= 0.3 is 0 Å². The normalized spacial score (nSPS) is 13.8. The number of nitrogens with zero attached hydrogens (tertiary/aromatic N) is 2. The zero-order chi connectivity index (χ0) is 13.8. The molecule has 0 aromatic carbocycles. The summed E-state index contributed by atoms with van der Waals surface area (Å²) >= 11 is 0. The highest BCUT2D eigenvalue weighted by molar-refractivity contribution is 5.79. The molecule has 0 fully saturated rings. The van der Waals surface area contributed by atoms with Gasteiger partial charge in [0.2, 0.25) is 0 Å². The molecule has 0 bridgehead atoms. The number of aliphatic imine (C=N–C) groups is 1. The second-order valence-electron chi connectivity index (χ2n) is 4.51. The quantitative estimate of drug-likeness (QED) is 0.367. The van der Waals surface area contributed by atoms with E-state index in [1.807, 2.05) is 0 Å². The lowest BCUT2D eigenvalue weighted by Gasteiger charge is -2.23. The molecular formula is C13H30N4O. The number of rotatable bonds is 9. The second kappa shape index (κ2) is 11.3. The van der Waals surface area contributed by atoms with Gasteiger partial charge < -0.3 is 20.3 Å². The molecule has 0 saturated carbocycles. The van der Waals surface area contributed by atoms with Crippen LogP contribution in [-0.2, 0) is 4.74 Å². The van der Waals surface area contributed by atoms with Crippen LogP contribution in [0, 0.1) is 0 Å². The predicted octanol–water partition coefficient (Wildman–Crippen LogP) is 0.918. The van der Waals surface area contributed by atoms with Crippen LogP contribution in [0.1, 0.15) is 26.7 Å². The fourth-order valence-corrected chi connectivity index (χ4v) is 1.53. The SMILES string of the molecule is CCC(C)N(C)CCNC(=NC)NCCCOC. The molecule has 18 heavy (non-hydrogen) atoms. The van der Waals surface area contributed by atoms with Crippen molar-refractivity contribution in [2.45, 2.75) is 32.7 Å². The van der Waals surface area contributed by atoms with E-state index in [4.69, 9.17) is 4.74 Å². The van der Waals surface area contributed by atoms with Crippen molar-refractivity contribution in [1.82, 2.24) is 15.5 Å². The molecule has 0 rings (SSSR count). The van der Waals surface area contributed by atoms with Crippen molar-refractivity contribution in [2.24, 2.45) is 4.99 Å². The van der Waals surface area contributed by atoms with E-state index in [9.17, 15) is 0 Å². The van der Waals surface area contributed by atoms with Crippen molar-refractivity contribution in [3.63, 3.8) is 0 Å². The molecule has 1 atom stereocenters. The number of methoxy groups -OCH3 is 1. The van der Waals surface area contributed by atoms with Gasteiger partial charge in [-0.1, -0.05) is 6.92 Å². The minimum atomic E-state index is 0.628. The molecule has 0 aromatic heterocycles. The van der Waals surface area contributed by atoms with Gasteiger partial charge in [0.1, 0.15) is 0 Å². The maximum absolute atomic E-state index is 5.00. The van der Waals surface area contributed by atoms with Crippen LogP contribution in [0.15, 0.2) is 4.99 Å². The lowest BCUT2D eigenvalue weighted by atomic mass is 10.2. The summed E-state index contributed by atoms with van der Waals surface area (Å²) in [4.78, 5) is 6.54. The van der Waals surface area contributed by atoms with Crippen molar-refractivity contribution in [2.75, 3.05) is 47.4 Å². The molecule has 0 aliphatic rings. The average molecular weight is 258 g/mol. The van der Waals surface area contributed by atoms with Gasteiger partial charge in [-0.2, -0.15) is 0 Å². The molecule has 0 saturated heterocycles. The molecule has 0 aromatic rings. The van der Waals surface area contributed by atoms with Crippen molar-refractivity contribution in [3.8, 4) is 0 Å². The fourth-order valence-electron chi connectivity index (χ4n) is 1.53. The predicted molar refractivity (Wildman–Crippen MR) is 78.2 cm³/mol. The summed E-state index contributed by atoms with van der Waals surface area (Å²) in [5.74, 6) is 0.864. The topological polar surface area (TPSA) is 48.9 Å². The average Bonchev–Trinajstić information content (AvgIpc) is 2.40. The highest BCUT2D eigenvalue weighted by Crippen LogP contribution is 1.97. The third-order valence-electron chi connectivity index (χ3n) is 3.14. The van der Waals surface area contributed by atoms with Crippen LogP contribution in [0.2, 0.25) is 0 Å². The van der Waals surface area contributed by atoms with Gasteiger partial charge in [0.25, 0.3) is 0 Å². The molecule has 2 N–H and O–H groups in total. The number of hydrogen-bond acceptors (Lipinski definition) is 3. The highest BCUT2D eigenvalue weighted by Gasteiger charge is 2.05. The summed E-state index contributed by atoms with van der Waals surface area (Å²) in [7, 11) is 5.67. The first kappa shape index (κ1) is 17.2. The number of guanidine groups is 1. The van der Waals surface area contributed by atoms with E-state index in [1.165, 1.54) is 6.42 Å². The Morgan fingerprint density at radius 3 is 2.56 bits per heavy atom. The minimum absolute atomic E-state index is 0.628. The molecule has 1 unspecified atom stereocenters. The minimum Gasteiger partial charge on any atom is -0.385 e. The maximum atomic E-state index is 5.00. The summed E-state index contributed by atoms with van der Waals surface area (Å²) in [6.07, 6.45) is 2.17. The van der Waals surface area contributed by atoms with Crippen LogP contribution in [0.3, 0.4) is 0 Å². The van der Waals surface area contributed by atoms with Gasteiger partial charge in [-0.15, -0.1) is 0 Å².